The monoisotopic (exact) mass is 602 g/mol. The van der Waals surface area contributed by atoms with Crippen molar-refractivity contribution >= 4 is 0 Å². The van der Waals surface area contributed by atoms with Gasteiger partial charge in [0.25, 0.3) is 5.92 Å². The molecule has 0 saturated heterocycles. The quantitative estimate of drug-likeness (QED) is 0.119. The predicted molar refractivity (Wildman–Crippen MR) is 152 cm³/mol. The molecule has 43 heavy (non-hydrogen) atoms. The maximum absolute atomic E-state index is 14.8. The number of allylic oxidation sites excluding steroid dienone is 2. The highest BCUT2D eigenvalue weighted by Gasteiger charge is 2.33. The first-order chi connectivity index (χ1) is 20.5. The molecule has 0 N–H and O–H groups in total. The van der Waals surface area contributed by atoms with Gasteiger partial charge >= 0.3 is 0 Å². The molecule has 0 fully saturated rings. The Labute approximate surface area is 245 Å². The minimum absolute atomic E-state index is 0.0721. The van der Waals surface area contributed by atoms with E-state index in [-0.39, 0.29) is 23.5 Å². The van der Waals surface area contributed by atoms with Crippen molar-refractivity contribution in [2.75, 3.05) is 13.2 Å². The molecule has 9 heteroatoms. The first-order valence-electron chi connectivity index (χ1n) is 13.6. The maximum Gasteiger partial charge on any atom is 0.285 e. The van der Waals surface area contributed by atoms with E-state index in [1.54, 1.807) is 37.3 Å². The number of hydrogen-bond donors (Lipinski definition) is 0. The summed E-state index contributed by atoms with van der Waals surface area (Å²) in [6.07, 6.45) is 3.51. The van der Waals surface area contributed by atoms with Crippen LogP contribution in [0.1, 0.15) is 31.4 Å². The molecule has 0 saturated carbocycles. The van der Waals surface area contributed by atoms with Crippen LogP contribution in [0.5, 0.6) is 11.5 Å². The molecule has 0 aromatic heterocycles. The van der Waals surface area contributed by atoms with Crippen molar-refractivity contribution < 1.29 is 40.2 Å². The summed E-state index contributed by atoms with van der Waals surface area (Å²) >= 11 is 0. The number of rotatable bonds is 12. The van der Waals surface area contributed by atoms with Crippen LogP contribution in [0.3, 0.4) is 0 Å². The fourth-order valence-corrected chi connectivity index (χ4v) is 4.54. The molecule has 0 unspecified atom stereocenters. The van der Waals surface area contributed by atoms with Crippen LogP contribution in [0.2, 0.25) is 0 Å². The molecule has 0 aliphatic carbocycles. The third kappa shape index (κ3) is 7.58. The Morgan fingerprint density at radius 3 is 1.98 bits per heavy atom. The number of alkyl halides is 2. The molecule has 4 rings (SSSR count). The number of halogens is 7. The molecule has 0 amide bonds. The molecule has 226 valence electrons. The van der Waals surface area contributed by atoms with Crippen LogP contribution >= 0.6 is 0 Å². The Kier molecular flexibility index (Phi) is 10.2. The van der Waals surface area contributed by atoms with Gasteiger partial charge in [-0.2, -0.15) is 4.39 Å². The average Bonchev–Trinajstić information content (AvgIpc) is 2.99. The van der Waals surface area contributed by atoms with Gasteiger partial charge in [0.15, 0.2) is 41.4 Å². The van der Waals surface area contributed by atoms with Gasteiger partial charge < -0.3 is 9.47 Å². The Balaban J connectivity index is 1.43. The van der Waals surface area contributed by atoms with Gasteiger partial charge in [-0.1, -0.05) is 60.7 Å². The number of ether oxygens (including phenoxy) is 2. The average molecular weight is 603 g/mol. The van der Waals surface area contributed by atoms with Crippen LogP contribution in [-0.4, -0.2) is 19.1 Å². The lowest BCUT2D eigenvalue weighted by atomic mass is 9.98. The normalized spacial score (nSPS) is 11.7. The zero-order valence-corrected chi connectivity index (χ0v) is 23.5. The lowest BCUT2D eigenvalue weighted by Gasteiger charge is -2.18. The Morgan fingerprint density at radius 2 is 1.30 bits per heavy atom. The van der Waals surface area contributed by atoms with E-state index in [4.69, 9.17) is 9.47 Å². The molecule has 0 aliphatic rings. The summed E-state index contributed by atoms with van der Waals surface area (Å²) < 4.78 is 111. The van der Waals surface area contributed by atoms with Gasteiger partial charge in [0.2, 0.25) is 5.82 Å². The minimum Gasteiger partial charge on any atom is -0.491 e. The summed E-state index contributed by atoms with van der Waals surface area (Å²) in [7, 11) is 0. The molecule has 0 spiro atoms. The van der Waals surface area contributed by atoms with Crippen molar-refractivity contribution in [3.05, 3.63) is 119 Å². The maximum atomic E-state index is 14.8. The summed E-state index contributed by atoms with van der Waals surface area (Å²) in [5.74, 6) is -10.1. The molecule has 4 aromatic carbocycles. The van der Waals surface area contributed by atoms with Gasteiger partial charge in [0.05, 0.1) is 6.61 Å². The fourth-order valence-electron chi connectivity index (χ4n) is 4.54. The molecule has 0 atom stereocenters. The van der Waals surface area contributed by atoms with E-state index in [1.807, 2.05) is 19.1 Å². The topological polar surface area (TPSA) is 18.5 Å². The third-order valence-corrected chi connectivity index (χ3v) is 6.75. The summed E-state index contributed by atoms with van der Waals surface area (Å²) in [5, 5.41) is 0. The van der Waals surface area contributed by atoms with Gasteiger partial charge in [0.1, 0.15) is 0 Å². The summed E-state index contributed by atoms with van der Waals surface area (Å²) in [6, 6.07) is 15.2. The largest absolute Gasteiger partial charge is 0.491 e. The first kappa shape index (κ1) is 31.7. The smallest absolute Gasteiger partial charge is 0.285 e. The minimum atomic E-state index is -3.64. The van der Waals surface area contributed by atoms with Gasteiger partial charge in [-0.25, -0.2) is 26.3 Å². The second-order valence-electron chi connectivity index (χ2n) is 9.84. The summed E-state index contributed by atoms with van der Waals surface area (Å²) in [4.78, 5) is 0. The molecule has 0 radical (unpaired) electrons. The van der Waals surface area contributed by atoms with E-state index in [0.717, 1.165) is 18.2 Å². The van der Waals surface area contributed by atoms with Crippen LogP contribution in [-0.2, 0) is 12.8 Å². The highest BCUT2D eigenvalue weighted by molar-refractivity contribution is 5.71. The van der Waals surface area contributed by atoms with Crippen molar-refractivity contribution in [2.24, 2.45) is 0 Å². The van der Waals surface area contributed by atoms with Crippen molar-refractivity contribution in [3.63, 3.8) is 0 Å². The molecule has 0 bridgehead atoms. The third-order valence-electron chi connectivity index (χ3n) is 6.75. The van der Waals surface area contributed by atoms with E-state index in [0.29, 0.717) is 29.5 Å². The number of benzene rings is 4. The summed E-state index contributed by atoms with van der Waals surface area (Å²) in [5.41, 5.74) is 1.15. The standard InChI is InChI=1S/C34H29F7O2/c1-3-5-6-7-23-12-15-26(32(38)30(23)36)22-10-8-21(9-11-22)24-13-16-28(27(35)18-24)43-20-34(40,41)19-25-14-17-29(42-4-2)33(39)31(25)37/h3,5,8-18H,4,6-7,19-20H2,1-2H3/b5-3+. The van der Waals surface area contributed by atoms with E-state index < -0.39 is 59.3 Å². The van der Waals surface area contributed by atoms with Crippen LogP contribution in [0.15, 0.2) is 78.9 Å². The predicted octanol–water partition coefficient (Wildman–Crippen LogP) is 9.88. The van der Waals surface area contributed by atoms with E-state index in [2.05, 4.69) is 0 Å². The van der Waals surface area contributed by atoms with Crippen molar-refractivity contribution in [1.29, 1.82) is 0 Å². The molecule has 0 heterocycles. The van der Waals surface area contributed by atoms with Crippen molar-refractivity contribution in [3.8, 4) is 33.8 Å². The highest BCUT2D eigenvalue weighted by Crippen LogP contribution is 2.32. The van der Waals surface area contributed by atoms with Gasteiger partial charge in [0, 0.05) is 12.0 Å². The van der Waals surface area contributed by atoms with Crippen LogP contribution in [0, 0.1) is 29.1 Å². The molecule has 4 aromatic rings. The Hall–Kier alpha value is -4.27. The van der Waals surface area contributed by atoms with E-state index in [1.165, 1.54) is 18.2 Å². The van der Waals surface area contributed by atoms with Crippen LogP contribution in [0.4, 0.5) is 30.7 Å². The molecular weight excluding hydrogens is 573 g/mol. The zero-order chi connectivity index (χ0) is 31.1. The summed E-state index contributed by atoms with van der Waals surface area (Å²) in [6.45, 7) is 2.22. The Morgan fingerprint density at radius 1 is 0.674 bits per heavy atom. The van der Waals surface area contributed by atoms with Gasteiger partial charge in [-0.05, 0) is 72.7 Å². The lowest BCUT2D eigenvalue weighted by Crippen LogP contribution is -2.29. The Bertz CT molecular complexity index is 1600. The lowest BCUT2D eigenvalue weighted by molar-refractivity contribution is -0.0415. The SMILES string of the molecule is C/C=C/CCc1ccc(-c2ccc(-c3ccc(OCC(F)(F)Cc4ccc(OCC)c(F)c4F)c(F)c3)cc2)c(F)c1F. The molecular formula is C34H29F7O2. The first-order valence-corrected chi connectivity index (χ1v) is 13.6. The number of hydrogen-bond acceptors (Lipinski definition) is 2. The van der Waals surface area contributed by atoms with Crippen molar-refractivity contribution in [1.82, 2.24) is 0 Å². The highest BCUT2D eigenvalue weighted by atomic mass is 19.3. The number of aryl methyl sites for hydroxylation is 1. The molecule has 2 nitrogen and oxygen atoms in total. The second kappa shape index (κ2) is 13.8. The van der Waals surface area contributed by atoms with Crippen molar-refractivity contribution in [2.45, 2.75) is 39.0 Å². The van der Waals surface area contributed by atoms with Gasteiger partial charge in [-0.3, -0.25) is 0 Å². The zero-order valence-electron chi connectivity index (χ0n) is 23.5. The van der Waals surface area contributed by atoms with Crippen LogP contribution in [0.25, 0.3) is 22.3 Å². The van der Waals surface area contributed by atoms with E-state index >= 15 is 0 Å². The van der Waals surface area contributed by atoms with Gasteiger partial charge in [-0.15, -0.1) is 0 Å². The fraction of sp³-hybridized carbons (Fsp3) is 0.235. The van der Waals surface area contributed by atoms with Crippen LogP contribution < -0.4 is 9.47 Å². The molecule has 0 aliphatic heterocycles. The van der Waals surface area contributed by atoms with E-state index in [9.17, 15) is 30.7 Å². The second-order valence-corrected chi connectivity index (χ2v) is 9.84.